The molecule has 3 aromatic rings. The van der Waals surface area contributed by atoms with Crippen LogP contribution in [-0.2, 0) is 4.79 Å². The van der Waals surface area contributed by atoms with Crippen LogP contribution in [0, 0.1) is 5.92 Å². The summed E-state index contributed by atoms with van der Waals surface area (Å²) < 4.78 is 1.63. The van der Waals surface area contributed by atoms with Crippen molar-refractivity contribution in [3.63, 3.8) is 0 Å². The molecule has 1 aliphatic rings. The first-order chi connectivity index (χ1) is 12.2. The number of tetrazole rings is 1. The normalized spacial score (nSPS) is 19.9. The average molecular weight is 336 g/mol. The van der Waals surface area contributed by atoms with Crippen LogP contribution >= 0.6 is 0 Å². The van der Waals surface area contributed by atoms with Gasteiger partial charge in [-0.25, -0.2) is 0 Å². The largest absolute Gasteiger partial charge is 0.481 e. The quantitative estimate of drug-likeness (QED) is 0.768. The van der Waals surface area contributed by atoms with Crippen LogP contribution in [0.3, 0.4) is 0 Å². The predicted octanol–water partition coefficient (Wildman–Crippen LogP) is 1.36. The minimum atomic E-state index is -0.824. The fourth-order valence-corrected chi connectivity index (χ4v) is 3.27. The third-order valence-electron chi connectivity index (χ3n) is 4.49. The smallest absolute Gasteiger partial charge is 0.308 e. The molecule has 4 rings (SSSR count). The fraction of sp³-hybridized carbons (Fsp3) is 0.235. The number of hydrogen-bond acceptors (Lipinski definition) is 6. The van der Waals surface area contributed by atoms with E-state index in [4.69, 9.17) is 0 Å². The van der Waals surface area contributed by atoms with Crippen molar-refractivity contribution in [3.8, 4) is 5.69 Å². The van der Waals surface area contributed by atoms with Crippen molar-refractivity contribution in [2.45, 2.75) is 5.92 Å². The number of carboxylic acids is 1. The molecule has 1 N–H and O–H groups in total. The van der Waals surface area contributed by atoms with E-state index in [1.54, 1.807) is 17.1 Å². The summed E-state index contributed by atoms with van der Waals surface area (Å²) in [6.07, 6.45) is 3.41. The van der Waals surface area contributed by atoms with Crippen LogP contribution in [-0.4, -0.2) is 49.4 Å². The molecule has 8 heteroatoms. The number of aliphatic carboxylic acids is 1. The molecule has 3 heterocycles. The topological polar surface area (TPSA) is 97.0 Å². The zero-order valence-corrected chi connectivity index (χ0v) is 13.3. The van der Waals surface area contributed by atoms with Crippen molar-refractivity contribution >= 4 is 11.9 Å². The highest BCUT2D eigenvalue weighted by atomic mass is 16.4. The van der Waals surface area contributed by atoms with Crippen molar-refractivity contribution in [2.24, 2.45) is 5.92 Å². The minimum Gasteiger partial charge on any atom is -0.481 e. The van der Waals surface area contributed by atoms with E-state index in [1.807, 2.05) is 47.4 Å². The SMILES string of the molecule is O=C(O)[C@@H]1CN(c2nnnn2-c2ccccc2)C[C@H]1c1cccnc1. The Hall–Kier alpha value is -3.29. The molecule has 126 valence electrons. The van der Waals surface area contributed by atoms with E-state index in [0.29, 0.717) is 19.0 Å². The van der Waals surface area contributed by atoms with Crippen LogP contribution in [0.25, 0.3) is 5.69 Å². The summed E-state index contributed by atoms with van der Waals surface area (Å²) in [5.74, 6) is -0.976. The average Bonchev–Trinajstić information content (AvgIpc) is 3.30. The lowest BCUT2D eigenvalue weighted by atomic mass is 9.90. The lowest BCUT2D eigenvalue weighted by molar-refractivity contribution is -0.141. The molecule has 0 aliphatic carbocycles. The van der Waals surface area contributed by atoms with Crippen LogP contribution in [0.2, 0.25) is 0 Å². The van der Waals surface area contributed by atoms with Gasteiger partial charge in [0.15, 0.2) is 0 Å². The molecule has 25 heavy (non-hydrogen) atoms. The lowest BCUT2D eigenvalue weighted by Crippen LogP contribution is -2.25. The number of pyridine rings is 1. The van der Waals surface area contributed by atoms with E-state index in [-0.39, 0.29) is 5.92 Å². The number of hydrogen-bond donors (Lipinski definition) is 1. The minimum absolute atomic E-state index is 0.160. The van der Waals surface area contributed by atoms with E-state index in [9.17, 15) is 9.90 Å². The van der Waals surface area contributed by atoms with Gasteiger partial charge in [0.2, 0.25) is 5.95 Å². The van der Waals surface area contributed by atoms with Crippen molar-refractivity contribution in [1.29, 1.82) is 0 Å². The monoisotopic (exact) mass is 336 g/mol. The molecule has 2 aromatic heterocycles. The summed E-state index contributed by atoms with van der Waals surface area (Å²) in [6.45, 7) is 0.873. The summed E-state index contributed by atoms with van der Waals surface area (Å²) in [5, 5.41) is 21.6. The molecular weight excluding hydrogens is 320 g/mol. The third-order valence-corrected chi connectivity index (χ3v) is 4.49. The fourth-order valence-electron chi connectivity index (χ4n) is 3.27. The number of para-hydroxylation sites is 1. The molecule has 0 spiro atoms. The van der Waals surface area contributed by atoms with Gasteiger partial charge < -0.3 is 10.0 Å². The number of rotatable bonds is 4. The molecule has 1 fully saturated rings. The third kappa shape index (κ3) is 2.82. The molecule has 8 nitrogen and oxygen atoms in total. The molecule has 0 radical (unpaired) electrons. The van der Waals surface area contributed by atoms with E-state index in [2.05, 4.69) is 20.5 Å². The number of nitrogens with zero attached hydrogens (tertiary/aromatic N) is 6. The van der Waals surface area contributed by atoms with Gasteiger partial charge in [-0.3, -0.25) is 9.78 Å². The number of carbonyl (C=O) groups is 1. The molecule has 0 unspecified atom stereocenters. The summed E-state index contributed by atoms with van der Waals surface area (Å²) in [5.41, 5.74) is 1.75. The molecule has 0 saturated carbocycles. The van der Waals surface area contributed by atoms with E-state index < -0.39 is 11.9 Å². The standard InChI is InChI=1S/C17H16N6O2/c24-16(25)15-11-22(10-14(15)12-5-4-8-18-9-12)17-19-20-21-23(17)13-6-2-1-3-7-13/h1-9,14-15H,10-11H2,(H,24,25)/t14-,15+/m0/s1. The first kappa shape index (κ1) is 15.3. The molecule has 2 atom stereocenters. The second-order valence-electron chi connectivity index (χ2n) is 5.97. The summed E-state index contributed by atoms with van der Waals surface area (Å²) in [7, 11) is 0. The van der Waals surface area contributed by atoms with Gasteiger partial charge in [0.1, 0.15) is 0 Å². The Morgan fingerprint density at radius 2 is 1.96 bits per heavy atom. The van der Waals surface area contributed by atoms with Gasteiger partial charge in [-0.15, -0.1) is 0 Å². The number of anilines is 1. The van der Waals surface area contributed by atoms with E-state index in [0.717, 1.165) is 11.3 Å². The van der Waals surface area contributed by atoms with Crippen LogP contribution in [0.5, 0.6) is 0 Å². The second kappa shape index (κ2) is 6.31. The van der Waals surface area contributed by atoms with Gasteiger partial charge >= 0.3 is 5.97 Å². The van der Waals surface area contributed by atoms with Crippen LogP contribution in [0.1, 0.15) is 11.5 Å². The van der Waals surface area contributed by atoms with Crippen LogP contribution < -0.4 is 4.90 Å². The van der Waals surface area contributed by atoms with Crippen LogP contribution in [0.4, 0.5) is 5.95 Å². The Bertz CT molecular complexity index is 867. The van der Waals surface area contributed by atoms with Gasteiger partial charge in [0, 0.05) is 31.4 Å². The number of carboxylic acid groups (broad SMARTS) is 1. The van der Waals surface area contributed by atoms with Gasteiger partial charge in [-0.05, 0) is 34.2 Å². The van der Waals surface area contributed by atoms with E-state index in [1.165, 1.54) is 0 Å². The molecule has 0 amide bonds. The lowest BCUT2D eigenvalue weighted by Gasteiger charge is -2.17. The van der Waals surface area contributed by atoms with Gasteiger partial charge in [0.25, 0.3) is 0 Å². The summed E-state index contributed by atoms with van der Waals surface area (Å²) in [6, 6.07) is 13.3. The Labute approximate surface area is 143 Å². The highest BCUT2D eigenvalue weighted by Gasteiger charge is 2.40. The van der Waals surface area contributed by atoms with Crippen molar-refractivity contribution in [2.75, 3.05) is 18.0 Å². The Morgan fingerprint density at radius 1 is 1.12 bits per heavy atom. The maximum atomic E-state index is 11.7. The molecule has 1 aromatic carbocycles. The summed E-state index contributed by atoms with van der Waals surface area (Å²) >= 11 is 0. The Balaban J connectivity index is 1.67. The van der Waals surface area contributed by atoms with Gasteiger partial charge in [-0.1, -0.05) is 29.4 Å². The first-order valence-electron chi connectivity index (χ1n) is 7.95. The zero-order chi connectivity index (χ0) is 17.2. The molecule has 0 bridgehead atoms. The highest BCUT2D eigenvalue weighted by molar-refractivity contribution is 5.73. The van der Waals surface area contributed by atoms with Crippen molar-refractivity contribution in [1.82, 2.24) is 25.2 Å². The number of benzene rings is 1. The van der Waals surface area contributed by atoms with Crippen LogP contribution in [0.15, 0.2) is 54.9 Å². The molecule has 1 saturated heterocycles. The van der Waals surface area contributed by atoms with Gasteiger partial charge in [-0.2, -0.15) is 4.68 Å². The first-order valence-corrected chi connectivity index (χ1v) is 7.95. The molecular formula is C17H16N6O2. The van der Waals surface area contributed by atoms with Gasteiger partial charge in [0.05, 0.1) is 11.6 Å². The zero-order valence-electron chi connectivity index (χ0n) is 13.3. The predicted molar refractivity (Wildman–Crippen MR) is 89.5 cm³/mol. The van der Waals surface area contributed by atoms with Crippen molar-refractivity contribution < 1.29 is 9.90 Å². The van der Waals surface area contributed by atoms with E-state index >= 15 is 0 Å². The number of aromatic nitrogens is 5. The highest BCUT2D eigenvalue weighted by Crippen LogP contribution is 2.34. The maximum Gasteiger partial charge on any atom is 0.308 e. The van der Waals surface area contributed by atoms with Crippen molar-refractivity contribution in [3.05, 3.63) is 60.4 Å². The summed E-state index contributed by atoms with van der Waals surface area (Å²) in [4.78, 5) is 17.8. The second-order valence-corrected chi connectivity index (χ2v) is 5.97. The Kier molecular flexibility index (Phi) is 3.85. The molecule has 1 aliphatic heterocycles. The maximum absolute atomic E-state index is 11.7. The Morgan fingerprint density at radius 3 is 2.68 bits per heavy atom.